The van der Waals surface area contributed by atoms with E-state index in [1.165, 1.54) is 11.3 Å². The van der Waals surface area contributed by atoms with Crippen LogP contribution >= 0.6 is 34.5 Å². The van der Waals surface area contributed by atoms with Crippen LogP contribution in [0.3, 0.4) is 0 Å². The Bertz CT molecular complexity index is 592. The second kappa shape index (κ2) is 5.31. The summed E-state index contributed by atoms with van der Waals surface area (Å²) in [5.74, 6) is -0.0671. The summed E-state index contributed by atoms with van der Waals surface area (Å²) in [5, 5.41) is 2.78. The minimum atomic E-state index is -0.409. The van der Waals surface area contributed by atoms with Gasteiger partial charge in [-0.1, -0.05) is 29.3 Å². The first-order valence-electron chi connectivity index (χ1n) is 5.21. The van der Waals surface area contributed by atoms with Crippen molar-refractivity contribution in [1.82, 2.24) is 0 Å². The molecule has 2 aromatic rings. The van der Waals surface area contributed by atoms with Crippen LogP contribution in [0.15, 0.2) is 23.6 Å². The summed E-state index contributed by atoms with van der Waals surface area (Å²) >= 11 is 13.5. The molecule has 0 radical (unpaired) electrons. The Balaban J connectivity index is 2.33. The van der Waals surface area contributed by atoms with Crippen molar-refractivity contribution in [3.63, 3.8) is 0 Å². The molecule has 0 aliphatic rings. The Morgan fingerprint density at radius 2 is 2.00 bits per heavy atom. The van der Waals surface area contributed by atoms with Crippen LogP contribution < -0.4 is 4.74 Å². The third-order valence-corrected chi connectivity index (χ3v) is 4.39. The Morgan fingerprint density at radius 3 is 2.61 bits per heavy atom. The summed E-state index contributed by atoms with van der Waals surface area (Å²) in [7, 11) is 0. The highest BCUT2D eigenvalue weighted by Gasteiger charge is 2.16. The summed E-state index contributed by atoms with van der Waals surface area (Å²) in [4.78, 5) is 12.4. The molecule has 0 unspecified atom stereocenters. The van der Waals surface area contributed by atoms with Crippen molar-refractivity contribution >= 4 is 40.5 Å². The molecule has 2 rings (SSSR count). The lowest BCUT2D eigenvalue weighted by atomic mass is 10.1. The van der Waals surface area contributed by atoms with E-state index in [9.17, 15) is 4.79 Å². The number of halogens is 2. The van der Waals surface area contributed by atoms with Gasteiger partial charge in [0.15, 0.2) is 0 Å². The SMILES string of the molecule is Cc1cc(OC(=O)c2cccs2)c(Cl)c(C)c1Cl. The molecule has 0 saturated heterocycles. The highest BCUT2D eigenvalue weighted by Crippen LogP contribution is 2.35. The molecule has 0 amide bonds. The third-order valence-electron chi connectivity index (χ3n) is 2.49. The van der Waals surface area contributed by atoms with E-state index in [0.717, 1.165) is 5.56 Å². The van der Waals surface area contributed by atoms with E-state index in [-0.39, 0.29) is 0 Å². The summed E-state index contributed by atoms with van der Waals surface area (Å²) in [6.07, 6.45) is 0. The zero-order chi connectivity index (χ0) is 13.3. The van der Waals surface area contributed by atoms with Crippen LogP contribution in [-0.2, 0) is 0 Å². The van der Waals surface area contributed by atoms with Gasteiger partial charge >= 0.3 is 5.97 Å². The van der Waals surface area contributed by atoms with Gasteiger partial charge in [-0.25, -0.2) is 4.79 Å². The average molecular weight is 301 g/mol. The Labute approximate surface area is 119 Å². The normalized spacial score (nSPS) is 10.4. The first kappa shape index (κ1) is 13.4. The van der Waals surface area contributed by atoms with E-state index in [1.54, 1.807) is 25.1 Å². The summed E-state index contributed by atoms with van der Waals surface area (Å²) < 4.78 is 5.29. The van der Waals surface area contributed by atoms with Crippen LogP contribution in [0.25, 0.3) is 0 Å². The number of carbonyl (C=O) groups excluding carboxylic acids is 1. The predicted molar refractivity (Wildman–Crippen MR) is 75.2 cm³/mol. The molecule has 0 atom stereocenters. The fourth-order valence-electron chi connectivity index (χ4n) is 1.52. The fourth-order valence-corrected chi connectivity index (χ4v) is 2.50. The summed E-state index contributed by atoms with van der Waals surface area (Å²) in [6.45, 7) is 3.63. The first-order valence-corrected chi connectivity index (χ1v) is 6.85. The van der Waals surface area contributed by atoms with E-state index in [0.29, 0.717) is 26.2 Å². The molecule has 0 N–H and O–H groups in total. The van der Waals surface area contributed by atoms with E-state index >= 15 is 0 Å². The van der Waals surface area contributed by atoms with Gasteiger partial charge in [0.05, 0.1) is 5.02 Å². The van der Waals surface area contributed by atoms with E-state index in [4.69, 9.17) is 27.9 Å². The molecule has 0 saturated carbocycles. The topological polar surface area (TPSA) is 26.3 Å². The average Bonchev–Trinajstić information content (AvgIpc) is 2.87. The minimum absolute atomic E-state index is 0.342. The second-order valence-electron chi connectivity index (χ2n) is 3.81. The third kappa shape index (κ3) is 2.53. The predicted octanol–water partition coefficient (Wildman–Crippen LogP) is 4.89. The summed E-state index contributed by atoms with van der Waals surface area (Å²) in [5.41, 5.74) is 1.54. The van der Waals surface area contributed by atoms with Gasteiger partial charge in [-0.05, 0) is 42.5 Å². The number of hydrogen-bond donors (Lipinski definition) is 0. The maximum atomic E-state index is 11.8. The number of rotatable bonds is 2. The zero-order valence-corrected chi connectivity index (χ0v) is 12.1. The Hall–Kier alpha value is -1.03. The van der Waals surface area contributed by atoms with Crippen molar-refractivity contribution in [2.24, 2.45) is 0 Å². The number of hydrogen-bond acceptors (Lipinski definition) is 3. The monoisotopic (exact) mass is 300 g/mol. The summed E-state index contributed by atoms with van der Waals surface area (Å²) in [6, 6.07) is 5.17. The molecule has 18 heavy (non-hydrogen) atoms. The lowest BCUT2D eigenvalue weighted by Crippen LogP contribution is -2.07. The second-order valence-corrected chi connectivity index (χ2v) is 5.52. The molecular weight excluding hydrogens is 291 g/mol. The Morgan fingerprint density at radius 1 is 1.28 bits per heavy atom. The lowest BCUT2D eigenvalue weighted by Gasteiger charge is -2.11. The number of esters is 1. The molecule has 1 heterocycles. The molecule has 2 nitrogen and oxygen atoms in total. The van der Waals surface area contributed by atoms with Crippen LogP contribution in [-0.4, -0.2) is 5.97 Å². The fraction of sp³-hybridized carbons (Fsp3) is 0.154. The molecule has 1 aromatic carbocycles. The van der Waals surface area contributed by atoms with Crippen LogP contribution in [0.1, 0.15) is 20.8 Å². The van der Waals surface area contributed by atoms with Gasteiger partial charge < -0.3 is 4.74 Å². The van der Waals surface area contributed by atoms with E-state index in [1.807, 2.05) is 12.3 Å². The molecule has 94 valence electrons. The van der Waals surface area contributed by atoms with Crippen molar-refractivity contribution in [2.45, 2.75) is 13.8 Å². The number of carbonyl (C=O) groups is 1. The highest BCUT2D eigenvalue weighted by atomic mass is 35.5. The molecule has 0 fully saturated rings. The first-order chi connectivity index (χ1) is 8.50. The van der Waals surface area contributed by atoms with Gasteiger partial charge in [0.25, 0.3) is 0 Å². The van der Waals surface area contributed by atoms with Gasteiger partial charge in [-0.15, -0.1) is 11.3 Å². The molecule has 1 aromatic heterocycles. The van der Waals surface area contributed by atoms with Crippen LogP contribution in [0, 0.1) is 13.8 Å². The van der Waals surface area contributed by atoms with E-state index < -0.39 is 5.97 Å². The van der Waals surface area contributed by atoms with Crippen LogP contribution in [0.4, 0.5) is 0 Å². The molecule has 0 bridgehead atoms. The number of benzene rings is 1. The molecule has 0 aliphatic carbocycles. The van der Waals surface area contributed by atoms with Crippen molar-refractivity contribution in [1.29, 1.82) is 0 Å². The quantitative estimate of drug-likeness (QED) is 0.583. The molecule has 0 aliphatic heterocycles. The maximum absolute atomic E-state index is 11.8. The zero-order valence-electron chi connectivity index (χ0n) is 9.79. The van der Waals surface area contributed by atoms with Crippen LogP contribution in [0.2, 0.25) is 10.0 Å². The van der Waals surface area contributed by atoms with Crippen molar-refractivity contribution in [3.05, 3.63) is 49.6 Å². The Kier molecular flexibility index (Phi) is 3.95. The van der Waals surface area contributed by atoms with Crippen molar-refractivity contribution in [2.75, 3.05) is 0 Å². The molecule has 0 spiro atoms. The van der Waals surface area contributed by atoms with Gasteiger partial charge in [0.1, 0.15) is 10.6 Å². The van der Waals surface area contributed by atoms with Crippen molar-refractivity contribution < 1.29 is 9.53 Å². The maximum Gasteiger partial charge on any atom is 0.353 e. The van der Waals surface area contributed by atoms with Crippen LogP contribution in [0.5, 0.6) is 5.75 Å². The van der Waals surface area contributed by atoms with Gasteiger partial charge in [0.2, 0.25) is 0 Å². The van der Waals surface area contributed by atoms with Gasteiger partial charge in [0, 0.05) is 5.02 Å². The van der Waals surface area contributed by atoms with Gasteiger partial charge in [-0.2, -0.15) is 0 Å². The molecular formula is C13H10Cl2O2S. The molecule has 5 heteroatoms. The highest BCUT2D eigenvalue weighted by molar-refractivity contribution is 7.12. The largest absolute Gasteiger partial charge is 0.421 e. The number of ether oxygens (including phenoxy) is 1. The lowest BCUT2D eigenvalue weighted by molar-refractivity contribution is 0.0740. The minimum Gasteiger partial charge on any atom is -0.421 e. The van der Waals surface area contributed by atoms with E-state index in [2.05, 4.69) is 0 Å². The standard InChI is InChI=1S/C13H10Cl2O2S/c1-7-6-9(12(15)8(2)11(7)14)17-13(16)10-4-3-5-18-10/h3-6H,1-2H3. The number of aryl methyl sites for hydroxylation is 1. The number of thiophene rings is 1. The smallest absolute Gasteiger partial charge is 0.353 e. The van der Waals surface area contributed by atoms with Crippen molar-refractivity contribution in [3.8, 4) is 5.75 Å². The van der Waals surface area contributed by atoms with Gasteiger partial charge in [-0.3, -0.25) is 0 Å².